The van der Waals surface area contributed by atoms with Crippen LogP contribution in [0.4, 0.5) is 10.1 Å². The highest BCUT2D eigenvalue weighted by molar-refractivity contribution is 7.92. The molecule has 0 heterocycles. The first-order chi connectivity index (χ1) is 12.7. The van der Waals surface area contributed by atoms with Gasteiger partial charge in [-0.25, -0.2) is 12.8 Å². The van der Waals surface area contributed by atoms with E-state index in [9.17, 15) is 12.8 Å². The number of hydrogen-bond acceptors (Lipinski definition) is 4. The van der Waals surface area contributed by atoms with Gasteiger partial charge in [0.25, 0.3) is 10.0 Å². The van der Waals surface area contributed by atoms with Crippen molar-refractivity contribution >= 4 is 27.3 Å². The summed E-state index contributed by atoms with van der Waals surface area (Å²) in [6.45, 7) is 0. The number of nitrogens with zero attached hydrogens (tertiary/aromatic N) is 1. The van der Waals surface area contributed by atoms with Crippen molar-refractivity contribution in [2.75, 3.05) is 25.9 Å². The van der Waals surface area contributed by atoms with Gasteiger partial charge in [0.2, 0.25) is 0 Å². The standard InChI is InChI=1S/C19H22ClFN2O3S/c1-23(2)13-5-6-14-15(11-13)18(26-3)8-9-19(14)27(24,25)22-12-4-7-17(21)16(20)10-12/h4,7-10,13,22H,5-6,11H2,1-3H3. The van der Waals surface area contributed by atoms with Crippen molar-refractivity contribution in [3.8, 4) is 5.75 Å². The molecule has 27 heavy (non-hydrogen) atoms. The van der Waals surface area contributed by atoms with Crippen molar-refractivity contribution in [2.24, 2.45) is 0 Å². The van der Waals surface area contributed by atoms with Crippen LogP contribution in [0.5, 0.6) is 5.75 Å². The topological polar surface area (TPSA) is 58.6 Å². The summed E-state index contributed by atoms with van der Waals surface area (Å²) in [4.78, 5) is 2.36. The quantitative estimate of drug-likeness (QED) is 0.813. The van der Waals surface area contributed by atoms with Crippen LogP contribution in [0.2, 0.25) is 5.02 Å². The molecule has 0 saturated carbocycles. The van der Waals surface area contributed by atoms with Crippen molar-refractivity contribution in [3.05, 3.63) is 52.3 Å². The first-order valence-corrected chi connectivity index (χ1v) is 10.4. The van der Waals surface area contributed by atoms with Crippen LogP contribution in [0.25, 0.3) is 0 Å². The molecule has 1 unspecified atom stereocenters. The lowest BCUT2D eigenvalue weighted by atomic mass is 9.87. The third kappa shape index (κ3) is 4.05. The number of likely N-dealkylation sites (N-methyl/N-ethyl adjacent to an activating group) is 1. The Morgan fingerprint density at radius 2 is 1.96 bits per heavy atom. The van der Waals surface area contributed by atoms with E-state index in [-0.39, 0.29) is 15.6 Å². The molecule has 0 aliphatic heterocycles. The van der Waals surface area contributed by atoms with Gasteiger partial charge in [-0.3, -0.25) is 4.72 Å². The lowest BCUT2D eigenvalue weighted by molar-refractivity contribution is 0.263. The summed E-state index contributed by atoms with van der Waals surface area (Å²) in [5, 5.41) is -0.138. The molecule has 2 aromatic carbocycles. The second-order valence-corrected chi connectivity index (χ2v) is 8.88. The van der Waals surface area contributed by atoms with Crippen molar-refractivity contribution in [2.45, 2.75) is 30.2 Å². The predicted molar refractivity (Wildman–Crippen MR) is 105 cm³/mol. The largest absolute Gasteiger partial charge is 0.496 e. The third-order valence-electron chi connectivity index (χ3n) is 4.92. The molecule has 0 fully saturated rings. The van der Waals surface area contributed by atoms with Gasteiger partial charge in [0.1, 0.15) is 11.6 Å². The average Bonchev–Trinajstić information content (AvgIpc) is 2.62. The Labute approximate surface area is 164 Å². The van der Waals surface area contributed by atoms with Crippen LogP contribution >= 0.6 is 11.6 Å². The molecule has 2 aromatic rings. The minimum Gasteiger partial charge on any atom is -0.496 e. The minimum atomic E-state index is -3.85. The van der Waals surface area contributed by atoms with Crippen LogP contribution in [-0.2, 0) is 22.9 Å². The molecule has 1 atom stereocenters. The summed E-state index contributed by atoms with van der Waals surface area (Å²) in [6.07, 6.45) is 2.21. The molecule has 0 bridgehead atoms. The van der Waals surface area contributed by atoms with Crippen LogP contribution < -0.4 is 9.46 Å². The number of sulfonamides is 1. The van der Waals surface area contributed by atoms with Crippen molar-refractivity contribution < 1.29 is 17.5 Å². The van der Waals surface area contributed by atoms with Crippen LogP contribution in [-0.4, -0.2) is 40.6 Å². The molecule has 8 heteroatoms. The van der Waals surface area contributed by atoms with E-state index in [1.54, 1.807) is 19.2 Å². The average molecular weight is 413 g/mol. The van der Waals surface area contributed by atoms with Gasteiger partial charge < -0.3 is 9.64 Å². The number of methoxy groups -OCH3 is 1. The smallest absolute Gasteiger partial charge is 0.262 e. The van der Waals surface area contributed by atoms with Crippen LogP contribution in [0.1, 0.15) is 17.5 Å². The van der Waals surface area contributed by atoms with E-state index in [1.807, 2.05) is 14.1 Å². The van der Waals surface area contributed by atoms with E-state index in [0.717, 1.165) is 30.0 Å². The molecule has 0 radical (unpaired) electrons. The Kier molecular flexibility index (Phi) is 5.65. The second-order valence-electron chi connectivity index (χ2n) is 6.82. The second kappa shape index (κ2) is 7.66. The first-order valence-electron chi connectivity index (χ1n) is 8.56. The molecule has 0 saturated heterocycles. The van der Waals surface area contributed by atoms with Gasteiger partial charge in [0.05, 0.1) is 22.7 Å². The summed E-state index contributed by atoms with van der Waals surface area (Å²) in [6, 6.07) is 7.30. The Hall–Kier alpha value is -1.83. The van der Waals surface area contributed by atoms with Crippen LogP contribution in [0.3, 0.4) is 0 Å². The fourth-order valence-electron chi connectivity index (χ4n) is 3.45. The number of halogens is 2. The Balaban J connectivity index is 2.01. The Morgan fingerprint density at radius 1 is 1.22 bits per heavy atom. The van der Waals surface area contributed by atoms with Crippen molar-refractivity contribution in [3.63, 3.8) is 0 Å². The van der Waals surface area contributed by atoms with Gasteiger partial charge in [-0.05, 0) is 69.3 Å². The molecule has 3 rings (SSSR count). The molecule has 1 aliphatic rings. The third-order valence-corrected chi connectivity index (χ3v) is 6.68. The maximum absolute atomic E-state index is 13.3. The molecule has 1 N–H and O–H groups in total. The monoisotopic (exact) mass is 412 g/mol. The fourth-order valence-corrected chi connectivity index (χ4v) is 4.97. The van der Waals surface area contributed by atoms with E-state index in [1.165, 1.54) is 12.1 Å². The van der Waals surface area contributed by atoms with Gasteiger partial charge in [0.15, 0.2) is 0 Å². The maximum atomic E-state index is 13.3. The Morgan fingerprint density at radius 3 is 2.59 bits per heavy atom. The van der Waals surface area contributed by atoms with Gasteiger partial charge in [-0.1, -0.05) is 11.6 Å². The lowest BCUT2D eigenvalue weighted by Crippen LogP contribution is -2.34. The van der Waals surface area contributed by atoms with Gasteiger partial charge in [-0.15, -0.1) is 0 Å². The summed E-state index contributed by atoms with van der Waals surface area (Å²) >= 11 is 5.76. The van der Waals surface area contributed by atoms with Crippen molar-refractivity contribution in [1.29, 1.82) is 0 Å². The maximum Gasteiger partial charge on any atom is 0.262 e. The number of rotatable bonds is 5. The lowest BCUT2D eigenvalue weighted by Gasteiger charge is -2.31. The molecule has 1 aliphatic carbocycles. The van der Waals surface area contributed by atoms with E-state index in [2.05, 4.69) is 9.62 Å². The highest BCUT2D eigenvalue weighted by Gasteiger charge is 2.29. The zero-order chi connectivity index (χ0) is 19.8. The van der Waals surface area contributed by atoms with E-state index >= 15 is 0 Å². The SMILES string of the molecule is COc1ccc(S(=O)(=O)Nc2ccc(F)c(Cl)c2)c2c1CC(N(C)C)CC2. The van der Waals surface area contributed by atoms with Crippen LogP contribution in [0, 0.1) is 5.82 Å². The molecular formula is C19H22ClFN2O3S. The number of hydrogen-bond donors (Lipinski definition) is 1. The normalized spacial score (nSPS) is 16.9. The minimum absolute atomic E-state index is 0.138. The summed E-state index contributed by atoms with van der Waals surface area (Å²) in [5.74, 6) is 0.0940. The fraction of sp³-hybridized carbons (Fsp3) is 0.368. The number of benzene rings is 2. The summed E-state index contributed by atoms with van der Waals surface area (Å²) in [5.41, 5.74) is 1.91. The highest BCUT2D eigenvalue weighted by Crippen LogP contribution is 2.36. The first kappa shape index (κ1) is 19.9. The van der Waals surface area contributed by atoms with Crippen molar-refractivity contribution in [1.82, 2.24) is 4.90 Å². The number of anilines is 1. The summed E-state index contributed by atoms with van der Waals surface area (Å²) < 4.78 is 47.3. The molecule has 146 valence electrons. The zero-order valence-electron chi connectivity index (χ0n) is 15.4. The molecule has 0 aromatic heterocycles. The Bertz CT molecular complexity index is 964. The molecule has 0 amide bonds. The number of fused-ring (bicyclic) bond motifs is 1. The van der Waals surface area contributed by atoms with Gasteiger partial charge >= 0.3 is 0 Å². The molecule has 0 spiro atoms. The van der Waals surface area contributed by atoms with E-state index in [4.69, 9.17) is 16.3 Å². The predicted octanol–water partition coefficient (Wildman–Crippen LogP) is 3.71. The number of nitrogens with one attached hydrogen (secondary N) is 1. The zero-order valence-corrected chi connectivity index (χ0v) is 17.0. The molecule has 5 nitrogen and oxygen atoms in total. The van der Waals surface area contributed by atoms with Gasteiger partial charge in [-0.2, -0.15) is 0 Å². The summed E-state index contributed by atoms with van der Waals surface area (Å²) in [7, 11) is 1.77. The molecular weight excluding hydrogens is 391 g/mol. The van der Waals surface area contributed by atoms with E-state index < -0.39 is 15.8 Å². The highest BCUT2D eigenvalue weighted by atomic mass is 35.5. The van der Waals surface area contributed by atoms with E-state index in [0.29, 0.717) is 18.2 Å². The number of ether oxygens (including phenoxy) is 1. The van der Waals surface area contributed by atoms with Gasteiger partial charge in [0, 0.05) is 11.6 Å². The van der Waals surface area contributed by atoms with Crippen LogP contribution in [0.15, 0.2) is 35.2 Å².